The van der Waals surface area contributed by atoms with Crippen molar-refractivity contribution in [2.75, 3.05) is 33.5 Å². The Morgan fingerprint density at radius 2 is 1.60 bits per heavy atom. The summed E-state index contributed by atoms with van der Waals surface area (Å²) in [6.45, 7) is 8.20. The normalized spacial score (nSPS) is 12.3. The second-order valence-electron chi connectivity index (χ2n) is 8.00. The molecule has 2 aromatic carbocycles. The van der Waals surface area contributed by atoms with E-state index < -0.39 is 11.9 Å². The Morgan fingerprint density at radius 3 is 2.20 bits per heavy atom. The van der Waals surface area contributed by atoms with Gasteiger partial charge in [-0.2, -0.15) is 13.2 Å². The van der Waals surface area contributed by atoms with E-state index in [9.17, 15) is 13.2 Å². The highest BCUT2D eigenvalue weighted by Gasteiger charge is 2.37. The van der Waals surface area contributed by atoms with E-state index >= 15 is 0 Å². The fourth-order valence-corrected chi connectivity index (χ4v) is 3.42. The summed E-state index contributed by atoms with van der Waals surface area (Å²) >= 11 is 0. The summed E-state index contributed by atoms with van der Waals surface area (Å²) in [6.07, 6.45) is 1.65. The van der Waals surface area contributed by atoms with Gasteiger partial charge < -0.3 is 19.0 Å². The molecule has 0 spiro atoms. The van der Waals surface area contributed by atoms with Crippen molar-refractivity contribution in [2.24, 2.45) is 5.16 Å². The number of nitrogens with zero attached hydrogens (tertiary/aromatic N) is 1. The number of alkyl halides is 3. The number of hydrogen-bond donors (Lipinski definition) is 0. The van der Waals surface area contributed by atoms with E-state index in [1.807, 2.05) is 45.1 Å². The lowest BCUT2D eigenvalue weighted by atomic mass is 10.1. The Labute approximate surface area is 205 Å². The largest absolute Gasteiger partial charge is 0.493 e. The highest BCUT2D eigenvalue weighted by molar-refractivity contribution is 6.04. The number of ether oxygens (including phenoxy) is 3. The maximum absolute atomic E-state index is 13.0. The molecule has 0 bridgehead atoms. The fourth-order valence-electron chi connectivity index (χ4n) is 3.42. The van der Waals surface area contributed by atoms with E-state index in [1.54, 1.807) is 12.1 Å². The molecule has 0 radical (unpaired) electrons. The molecule has 0 heterocycles. The quantitative estimate of drug-likeness (QED) is 0.129. The first-order chi connectivity index (χ1) is 16.8. The molecule has 2 aromatic rings. The van der Waals surface area contributed by atoms with Crippen molar-refractivity contribution >= 4 is 5.71 Å². The van der Waals surface area contributed by atoms with Gasteiger partial charge in [-0.15, -0.1) is 0 Å². The molecular weight excluding hydrogens is 459 g/mol. The molecule has 0 saturated heterocycles. The summed E-state index contributed by atoms with van der Waals surface area (Å²) in [7, 11) is 1.09. The Morgan fingerprint density at radius 1 is 0.943 bits per heavy atom. The highest BCUT2D eigenvalue weighted by Crippen LogP contribution is 2.29. The monoisotopic (exact) mass is 493 g/mol. The summed E-state index contributed by atoms with van der Waals surface area (Å²) in [5.41, 5.74) is 1.88. The zero-order valence-corrected chi connectivity index (χ0v) is 20.8. The van der Waals surface area contributed by atoms with Crippen molar-refractivity contribution in [1.29, 1.82) is 0 Å². The minimum absolute atomic E-state index is 0.0368. The van der Waals surface area contributed by atoms with Crippen LogP contribution in [0, 0.1) is 13.8 Å². The molecule has 0 saturated carbocycles. The first-order valence-corrected chi connectivity index (χ1v) is 11.6. The average Bonchev–Trinajstić information content (AvgIpc) is 2.80. The Balaban J connectivity index is 1.67. The van der Waals surface area contributed by atoms with Crippen LogP contribution >= 0.6 is 0 Å². The first kappa shape index (κ1) is 28.2. The Bertz CT molecular complexity index is 946. The van der Waals surface area contributed by atoms with Crippen molar-refractivity contribution in [1.82, 2.24) is 0 Å². The van der Waals surface area contributed by atoms with Crippen molar-refractivity contribution < 1.29 is 32.2 Å². The second-order valence-corrected chi connectivity index (χ2v) is 8.00. The van der Waals surface area contributed by atoms with Crippen LogP contribution in [0.5, 0.6) is 11.5 Å². The number of unbranched alkanes of at least 4 members (excludes halogenated alkanes) is 1. The summed E-state index contributed by atoms with van der Waals surface area (Å²) < 4.78 is 56.4. The number of oxime groups is 1. The number of rotatable bonds is 14. The number of hydrogen-bond acceptors (Lipinski definition) is 5. The minimum Gasteiger partial charge on any atom is -0.493 e. The Hall–Kier alpha value is -3.00. The topological polar surface area (TPSA) is 49.3 Å². The molecule has 0 aliphatic rings. The van der Waals surface area contributed by atoms with E-state index in [2.05, 4.69) is 9.99 Å². The molecule has 8 heteroatoms. The van der Waals surface area contributed by atoms with Crippen LogP contribution in [-0.2, 0) is 16.0 Å². The lowest BCUT2D eigenvalue weighted by Gasteiger charge is -2.14. The SMILES string of the molecule is C/C=C/COc1cc(C)c(OCCCCOCCc2ccc(/C(=N/OC)C(F)(F)F)cc2)c(C)c1. The van der Waals surface area contributed by atoms with Crippen LogP contribution in [0.25, 0.3) is 0 Å². The number of benzene rings is 2. The van der Waals surface area contributed by atoms with Gasteiger partial charge in [0.2, 0.25) is 0 Å². The summed E-state index contributed by atoms with van der Waals surface area (Å²) in [4.78, 5) is 4.32. The van der Waals surface area contributed by atoms with Crippen LogP contribution < -0.4 is 9.47 Å². The minimum atomic E-state index is -4.58. The van der Waals surface area contributed by atoms with E-state index in [4.69, 9.17) is 14.2 Å². The molecule has 0 N–H and O–H groups in total. The Kier molecular flexibility index (Phi) is 11.6. The molecule has 2 rings (SSSR count). The first-order valence-electron chi connectivity index (χ1n) is 11.6. The smallest absolute Gasteiger partial charge is 0.437 e. The third-order valence-corrected chi connectivity index (χ3v) is 5.16. The van der Waals surface area contributed by atoms with Crippen molar-refractivity contribution in [3.05, 3.63) is 70.8 Å². The summed E-state index contributed by atoms with van der Waals surface area (Å²) in [5, 5.41) is 3.10. The van der Waals surface area contributed by atoms with Gasteiger partial charge >= 0.3 is 6.18 Å². The lowest BCUT2D eigenvalue weighted by molar-refractivity contribution is -0.0608. The number of allylic oxidation sites excluding steroid dienone is 1. The fraction of sp³-hybridized carbons (Fsp3) is 0.444. The van der Waals surface area contributed by atoms with Gasteiger partial charge in [-0.1, -0.05) is 41.6 Å². The number of aryl methyl sites for hydroxylation is 2. The lowest BCUT2D eigenvalue weighted by Crippen LogP contribution is -2.24. The van der Waals surface area contributed by atoms with Crippen LogP contribution in [0.4, 0.5) is 13.2 Å². The second kappa shape index (κ2) is 14.4. The molecular formula is C27H34F3NO4. The van der Waals surface area contributed by atoms with Crippen molar-refractivity contribution in [3.63, 3.8) is 0 Å². The molecule has 35 heavy (non-hydrogen) atoms. The van der Waals surface area contributed by atoms with E-state index in [-0.39, 0.29) is 5.56 Å². The zero-order chi connectivity index (χ0) is 25.7. The standard InChI is InChI=1S/C27H34F3NO4/c1-5-6-15-34-24-18-20(2)25(21(3)19-24)35-16-8-7-14-33-17-13-22-9-11-23(12-10-22)26(31-32-4)27(28,29)30/h5-6,9-12,18-19H,7-8,13-17H2,1-4H3/b6-5+,31-26-. The highest BCUT2D eigenvalue weighted by atomic mass is 19.4. The summed E-state index contributed by atoms with van der Waals surface area (Å²) in [5.74, 6) is 1.72. The molecule has 0 aromatic heterocycles. The van der Waals surface area contributed by atoms with Gasteiger partial charge in [-0.05, 0) is 68.9 Å². The van der Waals surface area contributed by atoms with E-state index in [1.165, 1.54) is 12.1 Å². The van der Waals surface area contributed by atoms with Gasteiger partial charge in [0.1, 0.15) is 25.2 Å². The van der Waals surface area contributed by atoms with Crippen LogP contribution in [0.1, 0.15) is 42.0 Å². The molecule has 0 aliphatic heterocycles. The van der Waals surface area contributed by atoms with Gasteiger partial charge in [-0.3, -0.25) is 0 Å². The summed E-state index contributed by atoms with van der Waals surface area (Å²) in [6, 6.07) is 10.0. The molecule has 5 nitrogen and oxygen atoms in total. The van der Waals surface area contributed by atoms with Crippen LogP contribution in [-0.4, -0.2) is 45.4 Å². The zero-order valence-electron chi connectivity index (χ0n) is 20.8. The maximum Gasteiger partial charge on any atom is 0.437 e. The van der Waals surface area contributed by atoms with Crippen LogP contribution in [0.3, 0.4) is 0 Å². The molecule has 0 atom stereocenters. The van der Waals surface area contributed by atoms with Gasteiger partial charge in [-0.25, -0.2) is 0 Å². The predicted molar refractivity (Wildman–Crippen MR) is 132 cm³/mol. The van der Waals surface area contributed by atoms with E-state index in [0.29, 0.717) is 32.8 Å². The molecule has 0 amide bonds. The average molecular weight is 494 g/mol. The van der Waals surface area contributed by atoms with Gasteiger partial charge in [0.25, 0.3) is 0 Å². The molecule has 0 aliphatic carbocycles. The van der Waals surface area contributed by atoms with Crippen molar-refractivity contribution in [2.45, 2.75) is 46.2 Å². The van der Waals surface area contributed by atoms with Gasteiger partial charge in [0.05, 0.1) is 13.2 Å². The predicted octanol–water partition coefficient (Wildman–Crippen LogP) is 6.59. The molecule has 0 unspecified atom stereocenters. The maximum atomic E-state index is 13.0. The van der Waals surface area contributed by atoms with Gasteiger partial charge in [0.15, 0.2) is 5.71 Å². The van der Waals surface area contributed by atoms with E-state index in [0.717, 1.165) is 48.1 Å². The van der Waals surface area contributed by atoms with Crippen LogP contribution in [0.2, 0.25) is 0 Å². The van der Waals surface area contributed by atoms with Crippen LogP contribution in [0.15, 0.2) is 53.7 Å². The number of halogens is 3. The molecule has 0 fully saturated rings. The third kappa shape index (κ3) is 9.64. The third-order valence-electron chi connectivity index (χ3n) is 5.16. The van der Waals surface area contributed by atoms with Gasteiger partial charge in [0, 0.05) is 12.2 Å². The molecule has 192 valence electrons. The van der Waals surface area contributed by atoms with Crippen molar-refractivity contribution in [3.8, 4) is 11.5 Å².